The molecule has 0 atom stereocenters. The predicted octanol–water partition coefficient (Wildman–Crippen LogP) is 1.71. The van der Waals surface area contributed by atoms with Gasteiger partial charge in [-0.3, -0.25) is 4.79 Å². The first-order chi connectivity index (χ1) is 6.19. The van der Waals surface area contributed by atoms with Crippen LogP contribution in [0.1, 0.15) is 15.9 Å². The largest absolute Gasteiger partial charge is 0.497 e. The number of ketones is 1. The van der Waals surface area contributed by atoms with Gasteiger partial charge in [0.1, 0.15) is 11.8 Å². The highest BCUT2D eigenvalue weighted by atomic mass is 16.5. The zero-order valence-electron chi connectivity index (χ0n) is 7.50. The van der Waals surface area contributed by atoms with Crippen molar-refractivity contribution in [2.75, 3.05) is 7.11 Å². The van der Waals surface area contributed by atoms with Crippen molar-refractivity contribution >= 4 is 5.78 Å². The fourth-order valence-electron chi connectivity index (χ4n) is 1.08. The van der Waals surface area contributed by atoms with Gasteiger partial charge in [0.2, 0.25) is 0 Å². The summed E-state index contributed by atoms with van der Waals surface area (Å²) in [5.41, 5.74) is 1.19. The molecule has 0 heterocycles. The van der Waals surface area contributed by atoms with Crippen LogP contribution < -0.4 is 4.74 Å². The Balaban J connectivity index is 3.14. The molecule has 0 saturated carbocycles. The first kappa shape index (κ1) is 9.27. The van der Waals surface area contributed by atoms with Crippen molar-refractivity contribution in [2.24, 2.45) is 0 Å². The van der Waals surface area contributed by atoms with Gasteiger partial charge in [-0.25, -0.2) is 0 Å². The van der Waals surface area contributed by atoms with Gasteiger partial charge in [-0.1, -0.05) is 0 Å². The lowest BCUT2D eigenvalue weighted by Crippen LogP contribution is -1.98. The van der Waals surface area contributed by atoms with Gasteiger partial charge in [-0.05, 0) is 30.7 Å². The van der Waals surface area contributed by atoms with E-state index in [2.05, 4.69) is 0 Å². The van der Waals surface area contributed by atoms with Gasteiger partial charge in [0.25, 0.3) is 5.78 Å². The zero-order valence-corrected chi connectivity index (χ0v) is 7.50. The minimum Gasteiger partial charge on any atom is -0.497 e. The van der Waals surface area contributed by atoms with Crippen LogP contribution >= 0.6 is 0 Å². The molecular formula is C10H9NO2. The van der Waals surface area contributed by atoms with Crippen LogP contribution in [-0.2, 0) is 0 Å². The summed E-state index contributed by atoms with van der Waals surface area (Å²) in [5, 5.41) is 8.41. The lowest BCUT2D eigenvalue weighted by Gasteiger charge is -2.03. The first-order valence-corrected chi connectivity index (χ1v) is 3.78. The van der Waals surface area contributed by atoms with Gasteiger partial charge < -0.3 is 4.74 Å². The Labute approximate surface area is 76.6 Å². The molecule has 1 aromatic rings. The van der Waals surface area contributed by atoms with E-state index in [1.165, 1.54) is 0 Å². The fourth-order valence-corrected chi connectivity index (χ4v) is 1.08. The summed E-state index contributed by atoms with van der Waals surface area (Å²) < 4.78 is 4.97. The van der Waals surface area contributed by atoms with Crippen LogP contribution in [0.3, 0.4) is 0 Å². The molecule has 13 heavy (non-hydrogen) atoms. The quantitative estimate of drug-likeness (QED) is 0.507. The number of hydrogen-bond donors (Lipinski definition) is 0. The third-order valence-corrected chi connectivity index (χ3v) is 1.78. The summed E-state index contributed by atoms with van der Waals surface area (Å²) in [6.07, 6.45) is 0. The lowest BCUT2D eigenvalue weighted by molar-refractivity contribution is 0.105. The Kier molecular flexibility index (Phi) is 2.65. The highest BCUT2D eigenvalue weighted by Crippen LogP contribution is 2.16. The molecular weight excluding hydrogens is 166 g/mol. The lowest BCUT2D eigenvalue weighted by atomic mass is 10.1. The molecule has 0 aromatic heterocycles. The molecule has 3 nitrogen and oxygen atoms in total. The Bertz CT molecular complexity index is 377. The van der Waals surface area contributed by atoms with Gasteiger partial charge in [-0.2, -0.15) is 5.26 Å². The SMILES string of the molecule is COc1ccc(C(=O)C#N)c(C)c1. The first-order valence-electron chi connectivity index (χ1n) is 3.78. The van der Waals surface area contributed by atoms with Crippen LogP contribution in [0.5, 0.6) is 5.75 Å². The number of nitriles is 1. The normalized spacial score (nSPS) is 9.00. The van der Waals surface area contributed by atoms with Crippen molar-refractivity contribution in [3.63, 3.8) is 0 Å². The number of methoxy groups -OCH3 is 1. The van der Waals surface area contributed by atoms with E-state index in [4.69, 9.17) is 10.00 Å². The number of benzene rings is 1. The van der Waals surface area contributed by atoms with Crippen molar-refractivity contribution in [3.8, 4) is 11.8 Å². The summed E-state index contributed by atoms with van der Waals surface area (Å²) >= 11 is 0. The highest BCUT2D eigenvalue weighted by Gasteiger charge is 2.07. The van der Waals surface area contributed by atoms with Gasteiger partial charge in [-0.15, -0.1) is 0 Å². The molecule has 0 bridgehead atoms. The van der Waals surface area contributed by atoms with E-state index in [0.29, 0.717) is 11.3 Å². The molecule has 1 aromatic carbocycles. The van der Waals surface area contributed by atoms with E-state index in [0.717, 1.165) is 5.56 Å². The highest BCUT2D eigenvalue weighted by molar-refractivity contribution is 6.08. The number of carbonyl (C=O) groups is 1. The molecule has 0 fully saturated rings. The summed E-state index contributed by atoms with van der Waals surface area (Å²) in [7, 11) is 1.56. The van der Waals surface area contributed by atoms with E-state index in [1.54, 1.807) is 38.3 Å². The number of ether oxygens (including phenoxy) is 1. The third-order valence-electron chi connectivity index (χ3n) is 1.78. The fraction of sp³-hybridized carbons (Fsp3) is 0.200. The molecule has 0 radical (unpaired) electrons. The molecule has 0 unspecified atom stereocenters. The Morgan fingerprint density at radius 2 is 2.23 bits per heavy atom. The molecule has 0 spiro atoms. The smallest absolute Gasteiger partial charge is 0.262 e. The van der Waals surface area contributed by atoms with E-state index in [9.17, 15) is 4.79 Å². The molecule has 0 aliphatic carbocycles. The maximum atomic E-state index is 11.0. The second-order valence-corrected chi connectivity index (χ2v) is 2.62. The summed E-state index contributed by atoms with van der Waals surface area (Å²) in [4.78, 5) is 11.0. The monoisotopic (exact) mass is 175 g/mol. The number of rotatable bonds is 2. The molecule has 1 rings (SSSR count). The van der Waals surface area contributed by atoms with E-state index in [1.807, 2.05) is 0 Å². The Hall–Kier alpha value is -1.82. The second-order valence-electron chi connectivity index (χ2n) is 2.62. The molecule has 0 aliphatic rings. The van der Waals surface area contributed by atoms with Crippen molar-refractivity contribution in [2.45, 2.75) is 6.92 Å². The molecule has 0 aliphatic heterocycles. The summed E-state index contributed by atoms with van der Waals surface area (Å²) in [6, 6.07) is 6.57. The standard InChI is InChI=1S/C10H9NO2/c1-7-5-8(13-2)3-4-9(7)10(12)6-11/h3-5H,1-2H3. The van der Waals surface area contributed by atoms with Gasteiger partial charge in [0, 0.05) is 5.56 Å². The Morgan fingerprint density at radius 3 is 2.69 bits per heavy atom. The number of carbonyl (C=O) groups excluding carboxylic acids is 1. The molecule has 0 amide bonds. The van der Waals surface area contributed by atoms with Crippen molar-refractivity contribution in [1.82, 2.24) is 0 Å². The zero-order chi connectivity index (χ0) is 9.84. The van der Waals surface area contributed by atoms with Gasteiger partial charge in [0.05, 0.1) is 7.11 Å². The molecule has 0 N–H and O–H groups in total. The van der Waals surface area contributed by atoms with Crippen LogP contribution in [0.15, 0.2) is 18.2 Å². The number of nitrogens with zero attached hydrogens (tertiary/aromatic N) is 1. The predicted molar refractivity (Wildman–Crippen MR) is 47.7 cm³/mol. The average Bonchev–Trinajstić information content (AvgIpc) is 2.16. The topological polar surface area (TPSA) is 50.1 Å². The number of Topliss-reactive ketones (excluding diaryl/α,β-unsaturated/α-hetero) is 1. The summed E-state index contributed by atoms with van der Waals surface area (Å²) in [5.74, 6) is 0.173. The van der Waals surface area contributed by atoms with E-state index < -0.39 is 5.78 Å². The average molecular weight is 175 g/mol. The van der Waals surface area contributed by atoms with Crippen LogP contribution in [0.2, 0.25) is 0 Å². The minimum absolute atomic E-state index is 0.434. The van der Waals surface area contributed by atoms with Crippen molar-refractivity contribution in [3.05, 3.63) is 29.3 Å². The van der Waals surface area contributed by atoms with Crippen LogP contribution in [-0.4, -0.2) is 12.9 Å². The van der Waals surface area contributed by atoms with Gasteiger partial charge >= 0.3 is 0 Å². The molecule has 3 heteroatoms. The van der Waals surface area contributed by atoms with E-state index >= 15 is 0 Å². The maximum absolute atomic E-state index is 11.0. The Morgan fingerprint density at radius 1 is 1.54 bits per heavy atom. The van der Waals surface area contributed by atoms with Crippen molar-refractivity contribution < 1.29 is 9.53 Å². The van der Waals surface area contributed by atoms with Crippen LogP contribution in [0.25, 0.3) is 0 Å². The number of hydrogen-bond acceptors (Lipinski definition) is 3. The van der Waals surface area contributed by atoms with Gasteiger partial charge in [0.15, 0.2) is 0 Å². The van der Waals surface area contributed by atoms with Crippen molar-refractivity contribution in [1.29, 1.82) is 5.26 Å². The van der Waals surface area contributed by atoms with E-state index in [-0.39, 0.29) is 0 Å². The molecule has 0 saturated heterocycles. The van der Waals surface area contributed by atoms with Crippen LogP contribution in [0.4, 0.5) is 0 Å². The number of aryl methyl sites for hydroxylation is 1. The minimum atomic E-state index is -0.514. The second kappa shape index (κ2) is 3.72. The third kappa shape index (κ3) is 1.85. The molecule has 66 valence electrons. The van der Waals surface area contributed by atoms with Crippen LogP contribution in [0, 0.1) is 18.3 Å². The maximum Gasteiger partial charge on any atom is 0.262 e. The summed E-state index contributed by atoms with van der Waals surface area (Å²) in [6.45, 7) is 1.77.